The van der Waals surface area contributed by atoms with Gasteiger partial charge in [-0.1, -0.05) is 18.2 Å². The Morgan fingerprint density at radius 1 is 1.00 bits per heavy atom. The van der Waals surface area contributed by atoms with Crippen LogP contribution in [0.25, 0.3) is 0 Å². The van der Waals surface area contributed by atoms with Gasteiger partial charge in [-0.3, -0.25) is 9.69 Å². The maximum absolute atomic E-state index is 14.0. The van der Waals surface area contributed by atoms with Gasteiger partial charge < -0.3 is 4.90 Å². The number of hydrogen-bond donors (Lipinski definition) is 0. The largest absolute Gasteiger partial charge is 0.336 e. The standard InChI is InChI=1S/C19H17F2N3O/c20-15-7-5-14(6-8-15)19(25)24-11-9-23(10-12-24)18(13-22)16-3-1-2-4-17(16)21/h1-8,18H,9-12H2. The first-order chi connectivity index (χ1) is 12.1. The molecule has 0 radical (unpaired) electrons. The summed E-state index contributed by atoms with van der Waals surface area (Å²) in [6.07, 6.45) is 0. The molecule has 128 valence electrons. The monoisotopic (exact) mass is 341 g/mol. The highest BCUT2D eigenvalue weighted by Crippen LogP contribution is 2.24. The van der Waals surface area contributed by atoms with Gasteiger partial charge in [-0.25, -0.2) is 8.78 Å². The molecule has 1 saturated heterocycles. The summed E-state index contributed by atoms with van der Waals surface area (Å²) < 4.78 is 26.9. The molecule has 1 heterocycles. The van der Waals surface area contributed by atoms with Crippen LogP contribution in [0, 0.1) is 23.0 Å². The van der Waals surface area contributed by atoms with Crippen molar-refractivity contribution in [2.75, 3.05) is 26.2 Å². The molecule has 2 aromatic rings. The predicted octanol–water partition coefficient (Wildman–Crippen LogP) is 2.99. The van der Waals surface area contributed by atoms with Gasteiger partial charge in [-0.2, -0.15) is 5.26 Å². The van der Waals surface area contributed by atoms with E-state index in [1.165, 1.54) is 30.3 Å². The number of nitriles is 1. The van der Waals surface area contributed by atoms with Gasteiger partial charge in [-0.15, -0.1) is 0 Å². The number of hydrogen-bond acceptors (Lipinski definition) is 3. The van der Waals surface area contributed by atoms with Crippen LogP contribution in [0.4, 0.5) is 8.78 Å². The average molecular weight is 341 g/mol. The smallest absolute Gasteiger partial charge is 0.253 e. The van der Waals surface area contributed by atoms with Gasteiger partial charge in [0.05, 0.1) is 6.07 Å². The SMILES string of the molecule is N#CC(c1ccccc1F)N1CCN(C(=O)c2ccc(F)cc2)CC1. The number of nitrogens with zero attached hydrogens (tertiary/aromatic N) is 3. The summed E-state index contributed by atoms with van der Waals surface area (Å²) in [5.74, 6) is -0.957. The molecule has 2 aromatic carbocycles. The third kappa shape index (κ3) is 3.67. The Labute approximate surface area is 144 Å². The van der Waals surface area contributed by atoms with Crippen LogP contribution in [0.5, 0.6) is 0 Å². The minimum Gasteiger partial charge on any atom is -0.336 e. The molecule has 0 spiro atoms. The van der Waals surface area contributed by atoms with Crippen LogP contribution in [-0.4, -0.2) is 41.9 Å². The Bertz CT molecular complexity index is 793. The molecule has 3 rings (SSSR count). The molecule has 1 aliphatic heterocycles. The van der Waals surface area contributed by atoms with Gasteiger partial charge in [-0.05, 0) is 30.3 Å². The van der Waals surface area contributed by atoms with Crippen LogP contribution < -0.4 is 0 Å². The highest BCUT2D eigenvalue weighted by molar-refractivity contribution is 5.94. The molecule has 4 nitrogen and oxygen atoms in total. The lowest BCUT2D eigenvalue weighted by Gasteiger charge is -2.37. The zero-order valence-electron chi connectivity index (χ0n) is 13.5. The number of rotatable bonds is 3. The van der Waals surface area contributed by atoms with Crippen molar-refractivity contribution in [1.29, 1.82) is 5.26 Å². The van der Waals surface area contributed by atoms with E-state index in [-0.39, 0.29) is 11.7 Å². The molecular formula is C19H17F2N3O. The van der Waals surface area contributed by atoms with Crippen molar-refractivity contribution in [1.82, 2.24) is 9.80 Å². The average Bonchev–Trinajstić information content (AvgIpc) is 2.64. The Kier molecular flexibility index (Phi) is 5.05. The fraction of sp³-hybridized carbons (Fsp3) is 0.263. The van der Waals surface area contributed by atoms with E-state index >= 15 is 0 Å². The Morgan fingerprint density at radius 3 is 2.24 bits per heavy atom. The normalized spacial score (nSPS) is 16.3. The van der Waals surface area contributed by atoms with Gasteiger partial charge in [0, 0.05) is 37.3 Å². The van der Waals surface area contributed by atoms with Crippen LogP contribution in [0.3, 0.4) is 0 Å². The third-order valence-corrected chi connectivity index (χ3v) is 4.38. The van der Waals surface area contributed by atoms with Crippen molar-refractivity contribution in [3.05, 3.63) is 71.3 Å². The van der Waals surface area contributed by atoms with E-state index in [1.54, 1.807) is 23.1 Å². The molecule has 1 fully saturated rings. The molecule has 1 atom stereocenters. The first-order valence-electron chi connectivity index (χ1n) is 8.03. The van der Waals surface area contributed by atoms with Crippen molar-refractivity contribution < 1.29 is 13.6 Å². The lowest BCUT2D eigenvalue weighted by Crippen LogP contribution is -2.49. The van der Waals surface area contributed by atoms with Crippen LogP contribution in [0.15, 0.2) is 48.5 Å². The molecule has 0 aromatic heterocycles. The van der Waals surface area contributed by atoms with Crippen LogP contribution in [-0.2, 0) is 0 Å². The van der Waals surface area contributed by atoms with Crippen LogP contribution in [0.1, 0.15) is 22.0 Å². The highest BCUT2D eigenvalue weighted by atomic mass is 19.1. The van der Waals surface area contributed by atoms with Gasteiger partial charge in [0.25, 0.3) is 5.91 Å². The first kappa shape index (κ1) is 17.1. The molecule has 6 heteroatoms. The zero-order valence-corrected chi connectivity index (χ0v) is 13.5. The van der Waals surface area contributed by atoms with Crippen molar-refractivity contribution in [2.45, 2.75) is 6.04 Å². The molecule has 0 aliphatic carbocycles. The topological polar surface area (TPSA) is 47.3 Å². The van der Waals surface area contributed by atoms with Crippen LogP contribution >= 0.6 is 0 Å². The zero-order chi connectivity index (χ0) is 17.8. The van der Waals surface area contributed by atoms with E-state index in [4.69, 9.17) is 0 Å². The summed E-state index contributed by atoms with van der Waals surface area (Å²) in [4.78, 5) is 16.0. The second-order valence-corrected chi connectivity index (χ2v) is 5.89. The molecule has 0 saturated carbocycles. The summed E-state index contributed by atoms with van der Waals surface area (Å²) in [5.41, 5.74) is 0.782. The van der Waals surface area contributed by atoms with E-state index in [9.17, 15) is 18.8 Å². The Balaban J connectivity index is 1.67. The minimum absolute atomic E-state index is 0.168. The highest BCUT2D eigenvalue weighted by Gasteiger charge is 2.28. The lowest BCUT2D eigenvalue weighted by molar-refractivity contribution is 0.0604. The predicted molar refractivity (Wildman–Crippen MR) is 88.6 cm³/mol. The second kappa shape index (κ2) is 7.41. The molecule has 1 aliphatic rings. The number of piperazine rings is 1. The van der Waals surface area contributed by atoms with Crippen molar-refractivity contribution in [3.63, 3.8) is 0 Å². The molecule has 1 amide bonds. The number of benzene rings is 2. The van der Waals surface area contributed by atoms with Gasteiger partial charge >= 0.3 is 0 Å². The summed E-state index contributed by atoms with van der Waals surface area (Å²) in [7, 11) is 0. The van der Waals surface area contributed by atoms with Crippen molar-refractivity contribution in [3.8, 4) is 6.07 Å². The number of amides is 1. The first-order valence-corrected chi connectivity index (χ1v) is 8.03. The molecular weight excluding hydrogens is 324 g/mol. The van der Waals surface area contributed by atoms with Gasteiger partial charge in [0.1, 0.15) is 17.7 Å². The second-order valence-electron chi connectivity index (χ2n) is 5.89. The minimum atomic E-state index is -0.677. The molecule has 0 N–H and O–H groups in total. The third-order valence-electron chi connectivity index (χ3n) is 4.38. The van der Waals surface area contributed by atoms with E-state index < -0.39 is 11.9 Å². The maximum Gasteiger partial charge on any atom is 0.253 e. The van der Waals surface area contributed by atoms with Gasteiger partial charge in [0.2, 0.25) is 0 Å². The quantitative estimate of drug-likeness (QED) is 0.862. The fourth-order valence-corrected chi connectivity index (χ4v) is 3.00. The number of halogens is 2. The molecule has 1 unspecified atom stereocenters. The van der Waals surface area contributed by atoms with E-state index in [0.717, 1.165) is 0 Å². The summed E-state index contributed by atoms with van der Waals surface area (Å²) in [5, 5.41) is 9.46. The molecule has 0 bridgehead atoms. The Hall–Kier alpha value is -2.78. The lowest BCUT2D eigenvalue weighted by atomic mass is 10.0. The summed E-state index contributed by atoms with van der Waals surface area (Å²) >= 11 is 0. The number of carbonyl (C=O) groups is 1. The maximum atomic E-state index is 14.0. The van der Waals surface area contributed by atoms with Gasteiger partial charge in [0.15, 0.2) is 0 Å². The summed E-state index contributed by atoms with van der Waals surface area (Å²) in [6, 6.07) is 13.2. The molecule has 25 heavy (non-hydrogen) atoms. The van der Waals surface area contributed by atoms with E-state index in [1.807, 2.05) is 4.90 Å². The van der Waals surface area contributed by atoms with Crippen molar-refractivity contribution in [2.24, 2.45) is 0 Å². The number of carbonyl (C=O) groups excluding carboxylic acids is 1. The Morgan fingerprint density at radius 2 is 1.64 bits per heavy atom. The van der Waals surface area contributed by atoms with Crippen molar-refractivity contribution >= 4 is 5.91 Å². The van der Waals surface area contributed by atoms with E-state index in [2.05, 4.69) is 6.07 Å². The summed E-state index contributed by atoms with van der Waals surface area (Å²) in [6.45, 7) is 1.81. The van der Waals surface area contributed by atoms with E-state index in [0.29, 0.717) is 37.3 Å². The van der Waals surface area contributed by atoms with Crippen LogP contribution in [0.2, 0.25) is 0 Å². The fourth-order valence-electron chi connectivity index (χ4n) is 3.00.